The molecule has 1 saturated heterocycles. The number of thioether (sulfide) groups is 1. The van der Waals surface area contributed by atoms with Crippen molar-refractivity contribution in [3.8, 4) is 0 Å². The van der Waals surface area contributed by atoms with E-state index < -0.39 is 0 Å². The van der Waals surface area contributed by atoms with Gasteiger partial charge in [0.25, 0.3) is 0 Å². The smallest absolute Gasteiger partial charge is 0.142 e. The number of benzene rings is 1. The Kier molecular flexibility index (Phi) is 4.71. The summed E-state index contributed by atoms with van der Waals surface area (Å²) < 4.78 is 13.3. The Morgan fingerprint density at radius 3 is 3.06 bits per heavy atom. The molecule has 0 aliphatic carbocycles. The SMILES string of the molecule is CCNC1CSCC1Cc1cccc(F)c1Cl. The number of nitrogens with one attached hydrogen (secondary N) is 1. The van der Waals surface area contributed by atoms with Crippen LogP contribution in [-0.4, -0.2) is 24.1 Å². The zero-order valence-corrected chi connectivity index (χ0v) is 11.5. The number of hydrogen-bond donors (Lipinski definition) is 1. The zero-order chi connectivity index (χ0) is 12.3. The second-order valence-corrected chi connectivity index (χ2v) is 5.83. The maximum absolute atomic E-state index is 13.3. The lowest BCUT2D eigenvalue weighted by atomic mass is 9.95. The van der Waals surface area contributed by atoms with Gasteiger partial charge in [0.15, 0.2) is 0 Å². The van der Waals surface area contributed by atoms with Gasteiger partial charge >= 0.3 is 0 Å². The third-order valence-corrected chi connectivity index (χ3v) is 4.86. The van der Waals surface area contributed by atoms with Crippen LogP contribution in [0.15, 0.2) is 18.2 Å². The first kappa shape index (κ1) is 13.2. The molecule has 2 rings (SSSR count). The number of rotatable bonds is 4. The second-order valence-electron chi connectivity index (χ2n) is 4.38. The molecule has 0 radical (unpaired) electrons. The fourth-order valence-corrected chi connectivity index (χ4v) is 3.91. The van der Waals surface area contributed by atoms with Gasteiger partial charge in [0, 0.05) is 11.8 Å². The minimum atomic E-state index is -0.310. The van der Waals surface area contributed by atoms with Gasteiger partial charge in [0.1, 0.15) is 5.82 Å². The van der Waals surface area contributed by atoms with Crippen LogP contribution in [0.5, 0.6) is 0 Å². The van der Waals surface area contributed by atoms with Gasteiger partial charge in [-0.05, 0) is 36.3 Å². The lowest BCUT2D eigenvalue weighted by Gasteiger charge is -2.20. The molecule has 2 unspecified atom stereocenters. The summed E-state index contributed by atoms with van der Waals surface area (Å²) in [4.78, 5) is 0. The van der Waals surface area contributed by atoms with Crippen LogP contribution < -0.4 is 5.32 Å². The fraction of sp³-hybridized carbons (Fsp3) is 0.538. The third kappa shape index (κ3) is 3.15. The molecule has 1 fully saturated rings. The monoisotopic (exact) mass is 273 g/mol. The van der Waals surface area contributed by atoms with Gasteiger partial charge in [-0.25, -0.2) is 4.39 Å². The normalized spacial score (nSPS) is 24.2. The van der Waals surface area contributed by atoms with Crippen molar-refractivity contribution < 1.29 is 4.39 Å². The predicted molar refractivity (Wildman–Crippen MR) is 73.4 cm³/mol. The average molecular weight is 274 g/mol. The molecule has 1 aromatic carbocycles. The van der Waals surface area contributed by atoms with E-state index in [1.165, 1.54) is 6.07 Å². The molecular weight excluding hydrogens is 257 g/mol. The molecule has 1 aromatic rings. The van der Waals surface area contributed by atoms with Crippen molar-refractivity contribution in [1.82, 2.24) is 5.32 Å². The van der Waals surface area contributed by atoms with Crippen LogP contribution in [0.25, 0.3) is 0 Å². The summed E-state index contributed by atoms with van der Waals surface area (Å²) in [7, 11) is 0. The maximum atomic E-state index is 13.3. The summed E-state index contributed by atoms with van der Waals surface area (Å²) in [6.45, 7) is 3.10. The highest BCUT2D eigenvalue weighted by Crippen LogP contribution is 2.30. The quantitative estimate of drug-likeness (QED) is 0.903. The summed E-state index contributed by atoms with van der Waals surface area (Å²) in [6.07, 6.45) is 0.862. The summed E-state index contributed by atoms with van der Waals surface area (Å²) in [6, 6.07) is 5.61. The Hall–Kier alpha value is -0.250. The van der Waals surface area contributed by atoms with Crippen molar-refractivity contribution in [3.63, 3.8) is 0 Å². The van der Waals surface area contributed by atoms with E-state index in [-0.39, 0.29) is 5.82 Å². The Morgan fingerprint density at radius 1 is 1.47 bits per heavy atom. The highest BCUT2D eigenvalue weighted by molar-refractivity contribution is 7.99. The highest BCUT2D eigenvalue weighted by atomic mass is 35.5. The molecule has 1 N–H and O–H groups in total. The molecule has 0 saturated carbocycles. The first-order valence-corrected chi connectivity index (χ1v) is 7.49. The largest absolute Gasteiger partial charge is 0.313 e. The van der Waals surface area contributed by atoms with Crippen molar-refractivity contribution in [1.29, 1.82) is 0 Å². The van der Waals surface area contributed by atoms with Crippen LogP contribution in [0.3, 0.4) is 0 Å². The van der Waals surface area contributed by atoms with E-state index in [0.29, 0.717) is 17.0 Å². The summed E-state index contributed by atoms with van der Waals surface area (Å²) in [5.74, 6) is 2.52. The van der Waals surface area contributed by atoms with E-state index >= 15 is 0 Å². The van der Waals surface area contributed by atoms with Crippen LogP contribution in [0.1, 0.15) is 12.5 Å². The van der Waals surface area contributed by atoms with Crippen LogP contribution in [0.2, 0.25) is 5.02 Å². The van der Waals surface area contributed by atoms with E-state index in [4.69, 9.17) is 11.6 Å². The molecule has 1 nitrogen and oxygen atoms in total. The second kappa shape index (κ2) is 6.07. The first-order valence-electron chi connectivity index (χ1n) is 5.96. The van der Waals surface area contributed by atoms with Crippen molar-refractivity contribution >= 4 is 23.4 Å². The number of halogens is 2. The highest BCUT2D eigenvalue weighted by Gasteiger charge is 2.27. The lowest BCUT2D eigenvalue weighted by Crippen LogP contribution is -2.36. The fourth-order valence-electron chi connectivity index (χ4n) is 2.28. The molecular formula is C13H17ClFNS. The molecule has 1 heterocycles. The van der Waals surface area contributed by atoms with Crippen LogP contribution >= 0.6 is 23.4 Å². The van der Waals surface area contributed by atoms with Gasteiger partial charge in [-0.2, -0.15) is 11.8 Å². The minimum absolute atomic E-state index is 0.291. The van der Waals surface area contributed by atoms with Crippen LogP contribution in [0, 0.1) is 11.7 Å². The standard InChI is InChI=1S/C13H17ClFNS/c1-2-16-12-8-17-7-10(12)6-9-4-3-5-11(15)13(9)14/h3-5,10,12,16H,2,6-8H2,1H3. The maximum Gasteiger partial charge on any atom is 0.142 e. The van der Waals surface area contributed by atoms with Crippen molar-refractivity contribution in [2.75, 3.05) is 18.1 Å². The molecule has 4 heteroatoms. The molecule has 0 spiro atoms. The average Bonchev–Trinajstić information content (AvgIpc) is 2.73. The number of hydrogen-bond acceptors (Lipinski definition) is 2. The van der Waals surface area contributed by atoms with E-state index in [2.05, 4.69) is 12.2 Å². The van der Waals surface area contributed by atoms with Gasteiger partial charge in [-0.15, -0.1) is 0 Å². The molecule has 94 valence electrons. The molecule has 1 aliphatic heterocycles. The Morgan fingerprint density at radius 2 is 2.29 bits per heavy atom. The Labute approximate surface area is 111 Å². The molecule has 2 atom stereocenters. The Bertz CT molecular complexity index is 386. The van der Waals surface area contributed by atoms with Crippen LogP contribution in [-0.2, 0) is 6.42 Å². The molecule has 0 aromatic heterocycles. The van der Waals surface area contributed by atoms with Crippen molar-refractivity contribution in [2.45, 2.75) is 19.4 Å². The van der Waals surface area contributed by atoms with E-state index in [1.54, 1.807) is 6.07 Å². The predicted octanol–water partition coefficient (Wildman–Crippen LogP) is 3.36. The molecule has 0 bridgehead atoms. The molecule has 17 heavy (non-hydrogen) atoms. The van der Waals surface area contributed by atoms with Gasteiger partial charge in [-0.1, -0.05) is 30.7 Å². The van der Waals surface area contributed by atoms with E-state index in [9.17, 15) is 4.39 Å². The van der Waals surface area contributed by atoms with Gasteiger partial charge in [0.2, 0.25) is 0 Å². The summed E-state index contributed by atoms with van der Waals surface area (Å²) in [5, 5.41) is 3.78. The van der Waals surface area contributed by atoms with Gasteiger partial charge < -0.3 is 5.32 Å². The molecule has 0 amide bonds. The lowest BCUT2D eigenvalue weighted by molar-refractivity contribution is 0.433. The van der Waals surface area contributed by atoms with Crippen LogP contribution in [0.4, 0.5) is 4.39 Å². The van der Waals surface area contributed by atoms with E-state index in [0.717, 1.165) is 30.0 Å². The summed E-state index contributed by atoms with van der Waals surface area (Å²) in [5.41, 5.74) is 0.932. The zero-order valence-electron chi connectivity index (χ0n) is 9.88. The third-order valence-electron chi connectivity index (χ3n) is 3.18. The van der Waals surface area contributed by atoms with E-state index in [1.807, 2.05) is 17.8 Å². The van der Waals surface area contributed by atoms with Crippen molar-refractivity contribution in [2.24, 2.45) is 5.92 Å². The summed E-state index contributed by atoms with van der Waals surface area (Å²) >= 11 is 7.95. The first-order chi connectivity index (χ1) is 8.22. The van der Waals surface area contributed by atoms with Gasteiger partial charge in [0.05, 0.1) is 5.02 Å². The molecule has 1 aliphatic rings. The van der Waals surface area contributed by atoms with Gasteiger partial charge in [-0.3, -0.25) is 0 Å². The van der Waals surface area contributed by atoms with Crippen molar-refractivity contribution in [3.05, 3.63) is 34.6 Å². The Balaban J connectivity index is 2.07. The topological polar surface area (TPSA) is 12.0 Å². The minimum Gasteiger partial charge on any atom is -0.313 e.